The molecule has 0 aliphatic rings. The Kier molecular flexibility index (Phi) is 4.42. The van der Waals surface area contributed by atoms with Gasteiger partial charge in [0.1, 0.15) is 0 Å². The molecule has 1 heterocycles. The third-order valence-corrected chi connectivity index (χ3v) is 4.41. The molecule has 0 bridgehead atoms. The monoisotopic (exact) mass is 312 g/mol. The fourth-order valence-corrected chi connectivity index (χ4v) is 2.69. The number of amides is 1. The second-order valence-electron chi connectivity index (χ2n) is 3.83. The van der Waals surface area contributed by atoms with E-state index < -0.39 is 10.0 Å². The number of rotatable bonds is 5. The second-order valence-corrected chi connectivity index (χ2v) is 6.27. The van der Waals surface area contributed by atoms with E-state index in [4.69, 9.17) is 0 Å². The van der Waals surface area contributed by atoms with Gasteiger partial charge in [0.05, 0.1) is 22.8 Å². The lowest BCUT2D eigenvalue weighted by Crippen LogP contribution is -2.23. The summed E-state index contributed by atoms with van der Waals surface area (Å²) in [5.74, 6) is -0.347. The number of sulfonamides is 1. The van der Waals surface area contributed by atoms with Crippen LogP contribution in [0.1, 0.15) is 16.1 Å². The minimum atomic E-state index is -3.49. The highest BCUT2D eigenvalue weighted by Gasteiger charge is 2.12. The lowest BCUT2D eigenvalue weighted by Gasteiger charge is -2.06. The van der Waals surface area contributed by atoms with E-state index in [0.29, 0.717) is 5.56 Å². The molecule has 0 saturated carbocycles. The van der Waals surface area contributed by atoms with Gasteiger partial charge in [0.15, 0.2) is 5.69 Å². The Bertz CT molecular complexity index is 698. The number of aromatic nitrogens is 2. The molecule has 1 amide bonds. The van der Waals surface area contributed by atoms with Crippen molar-refractivity contribution in [3.8, 4) is 0 Å². The van der Waals surface area contributed by atoms with Gasteiger partial charge in [-0.3, -0.25) is 4.79 Å². The first-order chi connectivity index (χ1) is 9.53. The molecule has 20 heavy (non-hydrogen) atoms. The molecule has 0 atom stereocenters. The van der Waals surface area contributed by atoms with Gasteiger partial charge in [0.25, 0.3) is 5.91 Å². The van der Waals surface area contributed by atoms with Gasteiger partial charge < -0.3 is 5.32 Å². The SMILES string of the molecule is CNS(=O)(=O)c1cccc(CNC(=O)c2cnsn2)c1. The minimum Gasteiger partial charge on any atom is -0.347 e. The summed E-state index contributed by atoms with van der Waals surface area (Å²) in [6.07, 6.45) is 1.38. The molecule has 7 nitrogen and oxygen atoms in total. The molecular formula is C11H12N4O3S2. The van der Waals surface area contributed by atoms with E-state index in [2.05, 4.69) is 18.8 Å². The van der Waals surface area contributed by atoms with Gasteiger partial charge in [0.2, 0.25) is 10.0 Å². The van der Waals surface area contributed by atoms with Crippen molar-refractivity contribution < 1.29 is 13.2 Å². The zero-order chi connectivity index (χ0) is 14.6. The predicted octanol–water partition coefficient (Wildman–Crippen LogP) is 0.376. The zero-order valence-corrected chi connectivity index (χ0v) is 12.2. The van der Waals surface area contributed by atoms with Crippen molar-refractivity contribution in [1.29, 1.82) is 0 Å². The van der Waals surface area contributed by atoms with E-state index in [1.165, 1.54) is 25.4 Å². The Hall–Kier alpha value is -1.84. The Labute approximate surface area is 120 Å². The predicted molar refractivity (Wildman–Crippen MR) is 73.8 cm³/mol. The van der Waals surface area contributed by atoms with Crippen molar-refractivity contribution in [2.75, 3.05) is 7.05 Å². The maximum absolute atomic E-state index is 11.7. The fraction of sp³-hybridized carbons (Fsp3) is 0.182. The van der Waals surface area contributed by atoms with Gasteiger partial charge in [-0.15, -0.1) is 0 Å². The van der Waals surface area contributed by atoms with E-state index in [9.17, 15) is 13.2 Å². The van der Waals surface area contributed by atoms with Crippen LogP contribution in [0.4, 0.5) is 0 Å². The van der Waals surface area contributed by atoms with Crippen LogP contribution in [-0.2, 0) is 16.6 Å². The van der Waals surface area contributed by atoms with Crippen LogP contribution >= 0.6 is 11.7 Å². The maximum Gasteiger partial charge on any atom is 0.272 e. The van der Waals surface area contributed by atoms with Crippen molar-refractivity contribution >= 4 is 27.7 Å². The number of nitrogens with one attached hydrogen (secondary N) is 2. The largest absolute Gasteiger partial charge is 0.347 e. The molecule has 1 aromatic heterocycles. The molecule has 1 aromatic carbocycles. The molecular weight excluding hydrogens is 300 g/mol. The lowest BCUT2D eigenvalue weighted by atomic mass is 10.2. The molecule has 0 unspecified atom stereocenters. The molecule has 106 valence electrons. The number of hydrogen-bond donors (Lipinski definition) is 2. The molecule has 0 fully saturated rings. The summed E-state index contributed by atoms with van der Waals surface area (Å²) in [6.45, 7) is 0.212. The summed E-state index contributed by atoms with van der Waals surface area (Å²) in [7, 11) is -2.14. The Balaban J connectivity index is 2.08. The van der Waals surface area contributed by atoms with Crippen molar-refractivity contribution in [3.63, 3.8) is 0 Å². The van der Waals surface area contributed by atoms with E-state index >= 15 is 0 Å². The van der Waals surface area contributed by atoms with Crippen LogP contribution in [0.15, 0.2) is 35.4 Å². The summed E-state index contributed by atoms with van der Waals surface area (Å²) in [5, 5.41) is 2.65. The summed E-state index contributed by atoms with van der Waals surface area (Å²) in [5.41, 5.74) is 0.923. The van der Waals surface area contributed by atoms with Crippen LogP contribution in [0.2, 0.25) is 0 Å². The van der Waals surface area contributed by atoms with Crippen LogP contribution in [0, 0.1) is 0 Å². The van der Waals surface area contributed by atoms with Crippen molar-refractivity contribution in [2.45, 2.75) is 11.4 Å². The first kappa shape index (κ1) is 14.6. The highest BCUT2D eigenvalue weighted by atomic mass is 32.2. The average molecular weight is 312 g/mol. The summed E-state index contributed by atoms with van der Waals surface area (Å²) in [6, 6.07) is 6.34. The quantitative estimate of drug-likeness (QED) is 0.831. The highest BCUT2D eigenvalue weighted by Crippen LogP contribution is 2.11. The van der Waals surface area contributed by atoms with Crippen LogP contribution in [0.25, 0.3) is 0 Å². The van der Waals surface area contributed by atoms with E-state index in [1.807, 2.05) is 0 Å². The number of carbonyl (C=O) groups excluding carboxylic acids is 1. The van der Waals surface area contributed by atoms with Crippen LogP contribution < -0.4 is 10.0 Å². The molecule has 0 radical (unpaired) electrons. The molecule has 9 heteroatoms. The van der Waals surface area contributed by atoms with Crippen LogP contribution in [-0.4, -0.2) is 30.1 Å². The van der Waals surface area contributed by atoms with Crippen LogP contribution in [0.5, 0.6) is 0 Å². The summed E-state index contributed by atoms with van der Waals surface area (Å²) >= 11 is 0.950. The molecule has 2 N–H and O–H groups in total. The third kappa shape index (κ3) is 3.38. The normalized spacial score (nSPS) is 11.2. The molecule has 2 aromatic rings. The molecule has 0 saturated heterocycles. The molecule has 0 aliphatic carbocycles. The smallest absolute Gasteiger partial charge is 0.272 e. The minimum absolute atomic E-state index is 0.155. The van der Waals surface area contributed by atoms with E-state index in [-0.39, 0.29) is 23.0 Å². The lowest BCUT2D eigenvalue weighted by molar-refractivity contribution is 0.0947. The first-order valence-corrected chi connectivity index (χ1v) is 7.82. The molecule has 0 spiro atoms. The Morgan fingerprint density at radius 2 is 2.20 bits per heavy atom. The first-order valence-electron chi connectivity index (χ1n) is 5.61. The van der Waals surface area contributed by atoms with Gasteiger partial charge >= 0.3 is 0 Å². The standard InChI is InChI=1S/C11H12N4O3S2/c1-12-20(17,18)9-4-2-3-8(5-9)6-13-11(16)10-7-14-19-15-10/h2-5,7,12H,6H2,1H3,(H,13,16). The zero-order valence-electron chi connectivity index (χ0n) is 10.5. The number of nitrogens with zero attached hydrogens (tertiary/aromatic N) is 2. The van der Waals surface area contributed by atoms with E-state index in [0.717, 1.165) is 11.7 Å². The summed E-state index contributed by atoms with van der Waals surface area (Å²) < 4.78 is 33.1. The summed E-state index contributed by atoms with van der Waals surface area (Å²) in [4.78, 5) is 11.8. The third-order valence-electron chi connectivity index (χ3n) is 2.52. The molecule has 0 aliphatic heterocycles. The number of benzene rings is 1. The van der Waals surface area contributed by atoms with Crippen molar-refractivity contribution in [3.05, 3.63) is 41.7 Å². The topological polar surface area (TPSA) is 101 Å². The van der Waals surface area contributed by atoms with Crippen LogP contribution in [0.3, 0.4) is 0 Å². The van der Waals surface area contributed by atoms with Gasteiger partial charge in [-0.1, -0.05) is 12.1 Å². The van der Waals surface area contributed by atoms with E-state index in [1.54, 1.807) is 12.1 Å². The van der Waals surface area contributed by atoms with Gasteiger partial charge in [-0.2, -0.15) is 8.75 Å². The van der Waals surface area contributed by atoms with Gasteiger partial charge in [0, 0.05) is 6.54 Å². The Morgan fingerprint density at radius 1 is 1.40 bits per heavy atom. The Morgan fingerprint density at radius 3 is 2.85 bits per heavy atom. The van der Waals surface area contributed by atoms with Gasteiger partial charge in [-0.25, -0.2) is 13.1 Å². The number of carbonyl (C=O) groups is 1. The molecule has 2 rings (SSSR count). The fourth-order valence-electron chi connectivity index (χ4n) is 1.48. The maximum atomic E-state index is 11.7. The highest BCUT2D eigenvalue weighted by molar-refractivity contribution is 7.89. The van der Waals surface area contributed by atoms with Crippen molar-refractivity contribution in [1.82, 2.24) is 18.8 Å². The van der Waals surface area contributed by atoms with Gasteiger partial charge in [-0.05, 0) is 24.7 Å². The number of hydrogen-bond acceptors (Lipinski definition) is 6. The average Bonchev–Trinajstić information content (AvgIpc) is 2.99. The van der Waals surface area contributed by atoms with Crippen molar-refractivity contribution in [2.24, 2.45) is 0 Å². The second kappa shape index (κ2) is 6.07.